The molecule has 2 saturated heterocycles. The van der Waals surface area contributed by atoms with Crippen LogP contribution in [0.15, 0.2) is 36.6 Å². The van der Waals surface area contributed by atoms with E-state index in [9.17, 15) is 0 Å². The van der Waals surface area contributed by atoms with Crippen molar-refractivity contribution in [2.24, 2.45) is 5.41 Å². The number of ether oxygens (including phenoxy) is 2. The number of hydrogen-bond donors (Lipinski definition) is 0. The highest BCUT2D eigenvalue weighted by molar-refractivity contribution is 5.62. The van der Waals surface area contributed by atoms with E-state index in [-0.39, 0.29) is 5.41 Å². The summed E-state index contributed by atoms with van der Waals surface area (Å²) >= 11 is 0. The highest BCUT2D eigenvalue weighted by atomic mass is 16.5. The zero-order valence-corrected chi connectivity index (χ0v) is 11.8. The summed E-state index contributed by atoms with van der Waals surface area (Å²) in [4.78, 5) is 0. The second-order valence-electron chi connectivity index (χ2n) is 6.16. The Bertz CT molecular complexity index is 465. The van der Waals surface area contributed by atoms with Gasteiger partial charge in [0.25, 0.3) is 0 Å². The Hall–Kier alpha value is -1.28. The van der Waals surface area contributed by atoms with E-state index in [0.717, 1.165) is 13.0 Å². The van der Waals surface area contributed by atoms with Crippen molar-refractivity contribution >= 4 is 5.57 Å². The van der Waals surface area contributed by atoms with Crippen LogP contribution in [0.2, 0.25) is 0 Å². The first-order valence-electron chi connectivity index (χ1n) is 7.17. The van der Waals surface area contributed by atoms with Gasteiger partial charge in [-0.3, -0.25) is 0 Å². The zero-order chi connectivity index (χ0) is 13.3. The molecule has 2 heterocycles. The minimum atomic E-state index is 0.205. The number of allylic oxidation sites excluding steroid dienone is 1. The molecule has 3 rings (SSSR count). The lowest BCUT2D eigenvalue weighted by Crippen LogP contribution is -2.33. The van der Waals surface area contributed by atoms with Crippen molar-refractivity contribution in [1.29, 1.82) is 0 Å². The minimum Gasteiger partial charge on any atom is -0.500 e. The topological polar surface area (TPSA) is 18.5 Å². The number of benzene rings is 1. The van der Waals surface area contributed by atoms with Crippen molar-refractivity contribution in [3.63, 3.8) is 0 Å². The molecule has 3 unspecified atom stereocenters. The average Bonchev–Trinajstić information content (AvgIpc) is 3.00. The molecule has 1 aromatic carbocycles. The van der Waals surface area contributed by atoms with Crippen LogP contribution >= 0.6 is 0 Å². The fraction of sp³-hybridized carbons (Fsp3) is 0.529. The molecule has 2 bridgehead atoms. The van der Waals surface area contributed by atoms with E-state index in [1.54, 1.807) is 0 Å². The Morgan fingerprint density at radius 2 is 2.16 bits per heavy atom. The zero-order valence-electron chi connectivity index (χ0n) is 11.8. The van der Waals surface area contributed by atoms with Crippen LogP contribution < -0.4 is 0 Å². The van der Waals surface area contributed by atoms with Crippen LogP contribution in [0, 0.1) is 5.41 Å². The summed E-state index contributed by atoms with van der Waals surface area (Å²) in [6.45, 7) is 5.15. The van der Waals surface area contributed by atoms with Crippen molar-refractivity contribution < 1.29 is 9.47 Å². The summed E-state index contributed by atoms with van der Waals surface area (Å²) in [5, 5.41) is 0. The fourth-order valence-electron chi connectivity index (χ4n) is 3.30. The second-order valence-corrected chi connectivity index (χ2v) is 6.16. The SMILES string of the molecule is C/C(=C/OCC1(C)CC2CCC1O2)c1ccccc1. The number of hydrogen-bond acceptors (Lipinski definition) is 2. The van der Waals surface area contributed by atoms with Crippen LogP contribution in [0.4, 0.5) is 0 Å². The van der Waals surface area contributed by atoms with Crippen LogP contribution in [0.1, 0.15) is 38.7 Å². The maximum absolute atomic E-state index is 5.93. The minimum absolute atomic E-state index is 0.205. The predicted molar refractivity (Wildman–Crippen MR) is 76.7 cm³/mol. The second kappa shape index (κ2) is 5.01. The van der Waals surface area contributed by atoms with E-state index < -0.39 is 0 Å². The molecule has 0 N–H and O–H groups in total. The molecular weight excluding hydrogens is 236 g/mol. The monoisotopic (exact) mass is 258 g/mol. The Morgan fingerprint density at radius 3 is 2.79 bits per heavy atom. The first kappa shape index (κ1) is 12.7. The van der Waals surface area contributed by atoms with Gasteiger partial charge in [0.1, 0.15) is 0 Å². The van der Waals surface area contributed by atoms with E-state index in [2.05, 4.69) is 38.1 Å². The molecule has 0 radical (unpaired) electrons. The first-order valence-corrected chi connectivity index (χ1v) is 7.17. The summed E-state index contributed by atoms with van der Waals surface area (Å²) in [7, 11) is 0. The van der Waals surface area contributed by atoms with Crippen molar-refractivity contribution in [3.8, 4) is 0 Å². The van der Waals surface area contributed by atoms with Crippen LogP contribution in [-0.2, 0) is 9.47 Å². The van der Waals surface area contributed by atoms with Crippen LogP contribution in [0.25, 0.3) is 5.57 Å². The van der Waals surface area contributed by atoms with Crippen LogP contribution in [0.3, 0.4) is 0 Å². The lowest BCUT2D eigenvalue weighted by molar-refractivity contribution is 0.0322. The van der Waals surface area contributed by atoms with Gasteiger partial charge in [-0.05, 0) is 37.3 Å². The molecule has 0 saturated carbocycles. The van der Waals surface area contributed by atoms with Gasteiger partial charge in [0.2, 0.25) is 0 Å². The van der Waals surface area contributed by atoms with E-state index >= 15 is 0 Å². The molecule has 0 aromatic heterocycles. The lowest BCUT2D eigenvalue weighted by atomic mass is 9.76. The van der Waals surface area contributed by atoms with Gasteiger partial charge in [0.15, 0.2) is 0 Å². The van der Waals surface area contributed by atoms with Gasteiger partial charge in [-0.2, -0.15) is 0 Å². The van der Waals surface area contributed by atoms with Crippen molar-refractivity contribution in [1.82, 2.24) is 0 Å². The highest BCUT2D eigenvalue weighted by Crippen LogP contribution is 2.47. The smallest absolute Gasteiger partial charge is 0.0952 e. The fourth-order valence-corrected chi connectivity index (χ4v) is 3.30. The lowest BCUT2D eigenvalue weighted by Gasteiger charge is -2.30. The van der Waals surface area contributed by atoms with Gasteiger partial charge in [-0.15, -0.1) is 0 Å². The molecule has 1 aromatic rings. The molecular formula is C17H22O2. The largest absolute Gasteiger partial charge is 0.500 e. The maximum Gasteiger partial charge on any atom is 0.0952 e. The summed E-state index contributed by atoms with van der Waals surface area (Å²) in [6.07, 6.45) is 6.37. The summed E-state index contributed by atoms with van der Waals surface area (Å²) in [5.74, 6) is 0. The third-order valence-electron chi connectivity index (χ3n) is 4.48. The van der Waals surface area contributed by atoms with Gasteiger partial charge in [-0.25, -0.2) is 0 Å². The third kappa shape index (κ3) is 2.55. The van der Waals surface area contributed by atoms with Crippen molar-refractivity contribution in [2.75, 3.05) is 6.61 Å². The summed E-state index contributed by atoms with van der Waals surface area (Å²) in [6, 6.07) is 10.4. The van der Waals surface area contributed by atoms with Crippen molar-refractivity contribution in [2.45, 2.75) is 45.3 Å². The average molecular weight is 258 g/mol. The summed E-state index contributed by atoms with van der Waals surface area (Å²) in [5.41, 5.74) is 2.60. The van der Waals surface area contributed by atoms with E-state index in [1.165, 1.54) is 24.0 Å². The molecule has 19 heavy (non-hydrogen) atoms. The van der Waals surface area contributed by atoms with E-state index in [4.69, 9.17) is 9.47 Å². The Kier molecular flexibility index (Phi) is 3.36. The molecule has 2 heteroatoms. The molecule has 3 atom stereocenters. The molecule has 2 fully saturated rings. The van der Waals surface area contributed by atoms with Crippen LogP contribution in [-0.4, -0.2) is 18.8 Å². The number of fused-ring (bicyclic) bond motifs is 2. The molecule has 102 valence electrons. The Balaban J connectivity index is 1.58. The highest BCUT2D eigenvalue weighted by Gasteiger charge is 2.49. The third-order valence-corrected chi connectivity index (χ3v) is 4.48. The van der Waals surface area contributed by atoms with Gasteiger partial charge < -0.3 is 9.47 Å². The van der Waals surface area contributed by atoms with Crippen LogP contribution in [0.5, 0.6) is 0 Å². The molecule has 2 aliphatic heterocycles. The molecule has 0 spiro atoms. The van der Waals surface area contributed by atoms with Gasteiger partial charge in [-0.1, -0.05) is 37.3 Å². The molecule has 2 aliphatic rings. The normalized spacial score (nSPS) is 33.7. The Labute approximate surface area is 115 Å². The standard InChI is InChI=1S/C17H22O2/c1-13(14-6-4-3-5-7-14)11-18-12-17(2)10-15-8-9-16(17)19-15/h3-7,11,15-16H,8-10,12H2,1-2H3/b13-11-. The predicted octanol–water partition coefficient (Wildman–Crippen LogP) is 4.02. The van der Waals surface area contributed by atoms with E-state index in [1.807, 2.05) is 12.3 Å². The molecule has 0 aliphatic carbocycles. The molecule has 0 amide bonds. The van der Waals surface area contributed by atoms with Crippen molar-refractivity contribution in [3.05, 3.63) is 42.2 Å². The molecule has 2 nitrogen and oxygen atoms in total. The van der Waals surface area contributed by atoms with Gasteiger partial charge in [0.05, 0.1) is 25.1 Å². The maximum atomic E-state index is 5.93. The van der Waals surface area contributed by atoms with E-state index in [0.29, 0.717) is 12.2 Å². The summed E-state index contributed by atoms with van der Waals surface area (Å²) < 4.78 is 11.8. The quantitative estimate of drug-likeness (QED) is 0.759. The van der Waals surface area contributed by atoms with Gasteiger partial charge in [0, 0.05) is 5.41 Å². The Morgan fingerprint density at radius 1 is 1.37 bits per heavy atom. The number of rotatable bonds is 4. The first-order chi connectivity index (χ1) is 9.17. The van der Waals surface area contributed by atoms with Gasteiger partial charge >= 0.3 is 0 Å².